The van der Waals surface area contributed by atoms with Crippen molar-refractivity contribution in [1.29, 1.82) is 0 Å². The number of allylic oxidation sites excluding steroid dienone is 1. The third-order valence-corrected chi connectivity index (χ3v) is 9.80. The van der Waals surface area contributed by atoms with Crippen LogP contribution in [0.25, 0.3) is 50.6 Å². The lowest BCUT2D eigenvalue weighted by Gasteiger charge is -2.32. The second-order valence-electron chi connectivity index (χ2n) is 12.3. The molecule has 3 aromatic carbocycles. The predicted octanol–water partition coefficient (Wildman–Crippen LogP) is 10.1. The summed E-state index contributed by atoms with van der Waals surface area (Å²) in [7, 11) is 0. The van der Waals surface area contributed by atoms with E-state index < -0.39 is 0 Å². The molecule has 2 heteroatoms. The highest BCUT2D eigenvalue weighted by Gasteiger charge is 2.43. The number of aryl methyl sites for hydroxylation is 1. The Morgan fingerprint density at radius 1 is 0.732 bits per heavy atom. The van der Waals surface area contributed by atoms with Crippen LogP contribution >= 0.6 is 0 Å². The van der Waals surface area contributed by atoms with Gasteiger partial charge in [-0.1, -0.05) is 87.7 Å². The summed E-state index contributed by atoms with van der Waals surface area (Å²) in [5.74, 6) is 0. The maximum atomic E-state index is 5.35. The lowest BCUT2D eigenvalue weighted by molar-refractivity contribution is 0.424. The van der Waals surface area contributed by atoms with Crippen molar-refractivity contribution in [1.82, 2.24) is 9.97 Å². The molecule has 41 heavy (non-hydrogen) atoms. The van der Waals surface area contributed by atoms with Crippen LogP contribution in [-0.4, -0.2) is 9.97 Å². The number of fused-ring (bicyclic) bond motifs is 8. The lowest BCUT2D eigenvalue weighted by Crippen LogP contribution is -2.25. The first kappa shape index (κ1) is 24.7. The third-order valence-electron chi connectivity index (χ3n) is 9.80. The van der Waals surface area contributed by atoms with Gasteiger partial charge in [0, 0.05) is 34.0 Å². The summed E-state index contributed by atoms with van der Waals surface area (Å²) >= 11 is 0. The van der Waals surface area contributed by atoms with Crippen molar-refractivity contribution < 1.29 is 0 Å². The van der Waals surface area contributed by atoms with Gasteiger partial charge in [0.2, 0.25) is 0 Å². The Morgan fingerprint density at radius 3 is 2.51 bits per heavy atom. The van der Waals surface area contributed by atoms with Crippen LogP contribution in [-0.2, 0) is 18.3 Å². The molecule has 0 saturated carbocycles. The van der Waals surface area contributed by atoms with Crippen molar-refractivity contribution in [3.63, 3.8) is 0 Å². The molecule has 1 unspecified atom stereocenters. The van der Waals surface area contributed by atoms with Gasteiger partial charge in [0.15, 0.2) is 0 Å². The molecular formula is C39H36N2. The number of benzene rings is 3. The number of hydrogen-bond acceptors (Lipinski definition) is 2. The van der Waals surface area contributed by atoms with Crippen molar-refractivity contribution in [2.75, 3.05) is 0 Å². The second-order valence-corrected chi connectivity index (χ2v) is 12.3. The van der Waals surface area contributed by atoms with E-state index in [0.29, 0.717) is 0 Å². The highest BCUT2D eigenvalue weighted by atomic mass is 14.8. The van der Waals surface area contributed by atoms with Gasteiger partial charge in [-0.3, -0.25) is 4.98 Å². The Kier molecular flexibility index (Phi) is 5.74. The molecule has 0 N–H and O–H groups in total. The van der Waals surface area contributed by atoms with Gasteiger partial charge < -0.3 is 0 Å². The minimum Gasteiger partial charge on any atom is -0.252 e. The van der Waals surface area contributed by atoms with Crippen molar-refractivity contribution >= 4 is 17.0 Å². The Balaban J connectivity index is 1.26. The molecule has 3 aliphatic carbocycles. The molecule has 2 aromatic heterocycles. The van der Waals surface area contributed by atoms with E-state index in [4.69, 9.17) is 9.97 Å². The highest BCUT2D eigenvalue weighted by Crippen LogP contribution is 2.55. The van der Waals surface area contributed by atoms with E-state index in [1.807, 2.05) is 0 Å². The monoisotopic (exact) mass is 532 g/mol. The number of hydrogen-bond donors (Lipinski definition) is 0. The van der Waals surface area contributed by atoms with Crippen molar-refractivity contribution in [3.05, 3.63) is 112 Å². The average Bonchev–Trinajstić information content (AvgIpc) is 3.50. The number of aromatic nitrogens is 2. The van der Waals surface area contributed by atoms with E-state index in [9.17, 15) is 0 Å². The first-order valence-corrected chi connectivity index (χ1v) is 15.6. The molecule has 0 fully saturated rings. The molecular weight excluding hydrogens is 496 g/mol. The zero-order valence-electron chi connectivity index (χ0n) is 24.1. The van der Waals surface area contributed by atoms with Crippen molar-refractivity contribution in [2.45, 2.75) is 70.6 Å². The molecule has 2 nitrogen and oxygen atoms in total. The summed E-state index contributed by atoms with van der Waals surface area (Å²) in [5, 5.41) is 1.23. The fraction of sp³-hybridized carbons (Fsp3) is 0.282. The summed E-state index contributed by atoms with van der Waals surface area (Å²) in [6.07, 6.45) is 13.7. The van der Waals surface area contributed by atoms with Gasteiger partial charge in [0.05, 0.1) is 16.9 Å². The Labute approximate surface area is 243 Å². The molecule has 0 aliphatic heterocycles. The van der Waals surface area contributed by atoms with E-state index in [0.717, 1.165) is 43.3 Å². The van der Waals surface area contributed by atoms with Crippen LogP contribution in [0.15, 0.2) is 78.9 Å². The summed E-state index contributed by atoms with van der Waals surface area (Å²) in [4.78, 5) is 10.5. The Morgan fingerprint density at radius 2 is 1.61 bits per heavy atom. The van der Waals surface area contributed by atoms with Crippen LogP contribution in [0.1, 0.15) is 85.9 Å². The number of nitrogens with zero attached hydrogens (tertiary/aromatic N) is 2. The van der Waals surface area contributed by atoms with Gasteiger partial charge in [-0.15, -0.1) is 0 Å². The molecule has 5 aromatic rings. The summed E-state index contributed by atoms with van der Waals surface area (Å²) in [5.41, 5.74) is 17.0. The lowest BCUT2D eigenvalue weighted by atomic mass is 9.70. The van der Waals surface area contributed by atoms with Crippen molar-refractivity contribution in [3.8, 4) is 33.6 Å². The summed E-state index contributed by atoms with van der Waals surface area (Å²) < 4.78 is 0. The minimum absolute atomic E-state index is 0.0315. The van der Waals surface area contributed by atoms with E-state index in [2.05, 4.69) is 98.8 Å². The molecule has 0 radical (unpaired) electrons. The fourth-order valence-corrected chi connectivity index (χ4v) is 7.83. The maximum absolute atomic E-state index is 5.35. The highest BCUT2D eigenvalue weighted by molar-refractivity contribution is 5.90. The molecule has 0 bridgehead atoms. The van der Waals surface area contributed by atoms with E-state index in [1.165, 1.54) is 86.1 Å². The average molecular weight is 533 g/mol. The maximum Gasteiger partial charge on any atom is 0.0749 e. The third kappa shape index (κ3) is 3.76. The molecule has 8 rings (SSSR count). The molecule has 202 valence electrons. The quantitative estimate of drug-likeness (QED) is 0.213. The Bertz CT molecular complexity index is 1880. The van der Waals surface area contributed by atoms with Crippen LogP contribution in [0.5, 0.6) is 0 Å². The molecule has 0 spiro atoms. The van der Waals surface area contributed by atoms with Crippen LogP contribution in [0, 0.1) is 0 Å². The normalized spacial score (nSPS) is 17.7. The molecule has 3 aliphatic rings. The first-order valence-electron chi connectivity index (χ1n) is 15.6. The zero-order valence-corrected chi connectivity index (χ0v) is 24.1. The topological polar surface area (TPSA) is 25.8 Å². The van der Waals surface area contributed by atoms with E-state index in [-0.39, 0.29) is 5.41 Å². The number of pyridine rings is 2. The van der Waals surface area contributed by atoms with Gasteiger partial charge in [-0.2, -0.15) is 0 Å². The fourth-order valence-electron chi connectivity index (χ4n) is 7.83. The van der Waals surface area contributed by atoms with Gasteiger partial charge in [0.25, 0.3) is 0 Å². The van der Waals surface area contributed by atoms with Crippen molar-refractivity contribution in [2.24, 2.45) is 0 Å². The Hall–Kier alpha value is -4.04. The first-order chi connectivity index (χ1) is 20.2. The SMILES string of the molecule is CCCCC1(CCC)c2cc(-c3ccc4nc5c(cc4c3)Cc3ccccc3-5)ccc2-c2nc3c(cc21)C=CCC3. The van der Waals surface area contributed by atoms with Gasteiger partial charge in [-0.25, -0.2) is 4.98 Å². The molecule has 0 amide bonds. The van der Waals surface area contributed by atoms with Gasteiger partial charge >= 0.3 is 0 Å². The number of rotatable bonds is 6. The van der Waals surface area contributed by atoms with E-state index >= 15 is 0 Å². The smallest absolute Gasteiger partial charge is 0.0749 e. The number of unbranched alkanes of at least 4 members (excludes halogenated alkanes) is 1. The molecule has 0 saturated heterocycles. The minimum atomic E-state index is 0.0315. The van der Waals surface area contributed by atoms with Crippen LogP contribution in [0.4, 0.5) is 0 Å². The zero-order chi connectivity index (χ0) is 27.6. The van der Waals surface area contributed by atoms with Crippen LogP contribution < -0.4 is 0 Å². The second kappa shape index (κ2) is 9.52. The standard InChI is InChI=1S/C39H36N2/c1-3-5-19-39(18-4-2)33-23-26(14-16-32(33)38-34(39)24-28-11-7-9-13-35(28)41-38)25-15-17-36-29(20-25)22-30-21-27-10-6-8-12-31(27)37(30)40-36/h6-8,10-12,14-17,20,22-24H,3-5,9,13,18-19,21H2,1-2H3. The van der Waals surface area contributed by atoms with Crippen LogP contribution in [0.2, 0.25) is 0 Å². The molecule has 1 atom stereocenters. The summed E-state index contributed by atoms with van der Waals surface area (Å²) in [6, 6.07) is 27.6. The molecule has 2 heterocycles. The largest absolute Gasteiger partial charge is 0.252 e. The van der Waals surface area contributed by atoms with Gasteiger partial charge in [-0.05, 0) is 95.0 Å². The van der Waals surface area contributed by atoms with Crippen LogP contribution in [0.3, 0.4) is 0 Å². The summed E-state index contributed by atoms with van der Waals surface area (Å²) in [6.45, 7) is 4.66. The predicted molar refractivity (Wildman–Crippen MR) is 171 cm³/mol. The van der Waals surface area contributed by atoms with Gasteiger partial charge in [0.1, 0.15) is 0 Å². The van der Waals surface area contributed by atoms with E-state index in [1.54, 1.807) is 0 Å².